The van der Waals surface area contributed by atoms with Crippen LogP contribution < -0.4 is 0 Å². The third kappa shape index (κ3) is 6.06. The lowest BCUT2D eigenvalue weighted by atomic mass is 9.67. The fraction of sp³-hybridized carbons (Fsp3) is 0.118. The molecule has 324 valence electrons. The summed E-state index contributed by atoms with van der Waals surface area (Å²) in [6.07, 6.45) is 0.842. The van der Waals surface area contributed by atoms with E-state index < -0.39 is 5.41 Å². The van der Waals surface area contributed by atoms with E-state index in [0.29, 0.717) is 0 Å². The molecule has 0 heteroatoms. The van der Waals surface area contributed by atoms with Gasteiger partial charge in [0.2, 0.25) is 0 Å². The van der Waals surface area contributed by atoms with E-state index in [2.05, 4.69) is 247 Å². The van der Waals surface area contributed by atoms with E-state index in [0.717, 1.165) is 6.42 Å². The molecule has 2 aliphatic rings. The number of hydrogen-bond acceptors (Lipinski definition) is 0. The van der Waals surface area contributed by atoms with Crippen LogP contribution in [0.3, 0.4) is 0 Å². The van der Waals surface area contributed by atoms with Crippen molar-refractivity contribution >= 4 is 32.3 Å². The number of benzene rings is 11. The van der Waals surface area contributed by atoms with Gasteiger partial charge in [0.15, 0.2) is 0 Å². The van der Waals surface area contributed by atoms with E-state index in [1.54, 1.807) is 0 Å². The van der Waals surface area contributed by atoms with E-state index >= 15 is 0 Å². The molecule has 0 bridgehead atoms. The molecule has 1 unspecified atom stereocenters. The number of hydrogen-bond donors (Lipinski definition) is 0. The van der Waals surface area contributed by atoms with Crippen molar-refractivity contribution in [3.8, 4) is 44.5 Å². The van der Waals surface area contributed by atoms with Gasteiger partial charge in [-0.2, -0.15) is 0 Å². The minimum atomic E-state index is -0.498. The van der Waals surface area contributed by atoms with Crippen LogP contribution in [-0.4, -0.2) is 0 Å². The van der Waals surface area contributed by atoms with Crippen molar-refractivity contribution in [3.63, 3.8) is 0 Å². The van der Waals surface area contributed by atoms with Crippen molar-refractivity contribution in [2.45, 2.75) is 51.9 Å². The molecule has 11 aromatic carbocycles. The molecular weight excluding hydrogens is 817 g/mol. The SMILES string of the molecule is Cc1ccc(C2(c3ccc(Cc4cc5c(c6ccccc46)C(C)(C)c4cc(-c6ccc7ccc(C)cc7c6)ccc4-5)cc3)c3ccccc3-c3c(-c4ccc5ccc(C)cc5c4)cccc32)cc1. The molecular formula is C68H52. The van der Waals surface area contributed by atoms with Gasteiger partial charge >= 0.3 is 0 Å². The summed E-state index contributed by atoms with van der Waals surface area (Å²) in [5.74, 6) is 0. The quantitative estimate of drug-likeness (QED) is 0.156. The van der Waals surface area contributed by atoms with Crippen LogP contribution in [0.1, 0.15) is 75.0 Å². The summed E-state index contributed by atoms with van der Waals surface area (Å²) in [5, 5.41) is 7.81. The summed E-state index contributed by atoms with van der Waals surface area (Å²) in [5.41, 5.74) is 24.3. The molecule has 0 fully saturated rings. The van der Waals surface area contributed by atoms with Crippen LogP contribution in [0, 0.1) is 20.8 Å². The van der Waals surface area contributed by atoms with E-state index in [4.69, 9.17) is 0 Å². The molecule has 11 aromatic rings. The summed E-state index contributed by atoms with van der Waals surface area (Å²) in [4.78, 5) is 0. The Kier molecular flexibility index (Phi) is 8.99. The zero-order chi connectivity index (χ0) is 45.9. The van der Waals surface area contributed by atoms with Crippen LogP contribution >= 0.6 is 0 Å². The van der Waals surface area contributed by atoms with Crippen LogP contribution in [0.4, 0.5) is 0 Å². The Morgan fingerprint density at radius 1 is 0.353 bits per heavy atom. The highest BCUT2D eigenvalue weighted by atomic mass is 14.5. The first kappa shape index (κ1) is 40.5. The maximum Gasteiger partial charge on any atom is 0.0713 e. The standard InChI is InChI=1S/C68H52/c1-42-19-30-54(31-20-42)68(62-15-9-8-13-60(62)65-57(14-10-16-63(65)68)50-28-26-47-24-18-44(3)36-52(47)39-50)55-32-21-45(22-33-55)37-53-40-61-58-34-29-49(48-27-25-46-23-17-43(2)35-51(46)38-48)41-64(58)67(4,5)66(61)59-12-7-6-11-56(53)59/h6-36,38-41H,37H2,1-5H3. The topological polar surface area (TPSA) is 0 Å². The predicted octanol–water partition coefficient (Wildman–Crippen LogP) is 17.7. The molecule has 0 N–H and O–H groups in total. The van der Waals surface area contributed by atoms with Gasteiger partial charge in [0.05, 0.1) is 5.41 Å². The van der Waals surface area contributed by atoms with Crippen LogP contribution in [-0.2, 0) is 17.3 Å². The third-order valence-corrected chi connectivity index (χ3v) is 15.7. The second-order valence-electron chi connectivity index (χ2n) is 20.3. The highest BCUT2D eigenvalue weighted by Crippen LogP contribution is 2.59. The van der Waals surface area contributed by atoms with Crippen molar-refractivity contribution in [1.29, 1.82) is 0 Å². The number of rotatable bonds is 6. The van der Waals surface area contributed by atoms with Gasteiger partial charge in [-0.3, -0.25) is 0 Å². The van der Waals surface area contributed by atoms with Gasteiger partial charge < -0.3 is 0 Å². The molecule has 0 radical (unpaired) electrons. The van der Waals surface area contributed by atoms with E-state index in [1.807, 2.05) is 0 Å². The van der Waals surface area contributed by atoms with Crippen LogP contribution in [0.2, 0.25) is 0 Å². The largest absolute Gasteiger partial charge is 0.0713 e. The number of fused-ring (bicyclic) bond motifs is 10. The Morgan fingerprint density at radius 3 is 1.65 bits per heavy atom. The molecule has 0 aromatic heterocycles. The zero-order valence-corrected chi connectivity index (χ0v) is 39.4. The monoisotopic (exact) mass is 868 g/mol. The van der Waals surface area contributed by atoms with E-state index in [9.17, 15) is 0 Å². The Bertz CT molecular complexity index is 3860. The Hall–Kier alpha value is -7.80. The maximum atomic E-state index is 2.52. The Labute approximate surface area is 400 Å². The first-order valence-corrected chi connectivity index (χ1v) is 24.3. The molecule has 13 rings (SSSR count). The third-order valence-electron chi connectivity index (χ3n) is 15.7. The fourth-order valence-electron chi connectivity index (χ4n) is 12.4. The van der Waals surface area contributed by atoms with Crippen LogP contribution in [0.25, 0.3) is 76.8 Å². The molecule has 0 aliphatic heterocycles. The first-order valence-electron chi connectivity index (χ1n) is 24.3. The van der Waals surface area contributed by atoms with Gasteiger partial charge in [0.1, 0.15) is 0 Å². The van der Waals surface area contributed by atoms with Crippen LogP contribution in [0.5, 0.6) is 0 Å². The van der Waals surface area contributed by atoms with Gasteiger partial charge in [-0.25, -0.2) is 0 Å². The van der Waals surface area contributed by atoms with Crippen molar-refractivity contribution < 1.29 is 0 Å². The maximum absolute atomic E-state index is 2.52. The Balaban J connectivity index is 0.924. The lowest BCUT2D eigenvalue weighted by molar-refractivity contribution is 0.666. The predicted molar refractivity (Wildman–Crippen MR) is 288 cm³/mol. The lowest BCUT2D eigenvalue weighted by Gasteiger charge is -2.34. The first-order chi connectivity index (χ1) is 33.1. The van der Waals surface area contributed by atoms with Crippen LogP contribution in [0.15, 0.2) is 212 Å². The lowest BCUT2D eigenvalue weighted by Crippen LogP contribution is -2.28. The summed E-state index contributed by atoms with van der Waals surface area (Å²) in [6, 6.07) is 81.3. The van der Waals surface area contributed by atoms with Gasteiger partial charge in [-0.05, 0) is 173 Å². The molecule has 1 atom stereocenters. The van der Waals surface area contributed by atoms with Crippen molar-refractivity contribution in [3.05, 3.63) is 274 Å². The summed E-state index contributed by atoms with van der Waals surface area (Å²) in [6.45, 7) is 11.4. The highest BCUT2D eigenvalue weighted by molar-refractivity contribution is 6.01. The smallest absolute Gasteiger partial charge is 0.0619 e. The highest BCUT2D eigenvalue weighted by Gasteiger charge is 2.47. The van der Waals surface area contributed by atoms with Gasteiger partial charge in [0, 0.05) is 5.41 Å². The molecule has 68 heavy (non-hydrogen) atoms. The second kappa shape index (κ2) is 15.1. The minimum absolute atomic E-state index is 0.154. The molecule has 2 aliphatic carbocycles. The molecule has 0 nitrogen and oxygen atoms in total. The number of aryl methyl sites for hydroxylation is 3. The van der Waals surface area contributed by atoms with Crippen molar-refractivity contribution in [2.75, 3.05) is 0 Å². The molecule has 0 saturated heterocycles. The minimum Gasteiger partial charge on any atom is -0.0619 e. The fourth-order valence-corrected chi connectivity index (χ4v) is 12.4. The van der Waals surface area contributed by atoms with Gasteiger partial charge in [0.25, 0.3) is 0 Å². The average molecular weight is 869 g/mol. The van der Waals surface area contributed by atoms with Crippen molar-refractivity contribution in [1.82, 2.24) is 0 Å². The second-order valence-corrected chi connectivity index (χ2v) is 20.3. The summed E-state index contributed by atoms with van der Waals surface area (Å²) in [7, 11) is 0. The zero-order valence-electron chi connectivity index (χ0n) is 39.4. The summed E-state index contributed by atoms with van der Waals surface area (Å²) >= 11 is 0. The van der Waals surface area contributed by atoms with Crippen molar-refractivity contribution in [2.24, 2.45) is 0 Å². The molecule has 0 spiro atoms. The van der Waals surface area contributed by atoms with Gasteiger partial charge in [-0.15, -0.1) is 0 Å². The molecule has 0 saturated carbocycles. The summed E-state index contributed by atoms with van der Waals surface area (Å²) < 4.78 is 0. The average Bonchev–Trinajstić information content (AvgIpc) is 3.79. The van der Waals surface area contributed by atoms with E-state index in [-0.39, 0.29) is 5.41 Å². The van der Waals surface area contributed by atoms with Gasteiger partial charge in [-0.1, -0.05) is 219 Å². The molecule has 0 heterocycles. The Morgan fingerprint density at radius 2 is 0.912 bits per heavy atom. The van der Waals surface area contributed by atoms with E-state index in [1.165, 1.54) is 138 Å². The molecule has 0 amide bonds. The normalized spacial score (nSPS) is 15.4.